The smallest absolute Gasteiger partial charge is 0.250 e. The number of thiophene rings is 1. The van der Waals surface area contributed by atoms with Crippen molar-refractivity contribution < 1.29 is 9.53 Å². The number of nitrogens with zero attached hydrogens (tertiary/aromatic N) is 5. The Hall–Kier alpha value is -3.82. The molecule has 0 aliphatic rings. The first kappa shape index (κ1) is 20.5. The molecule has 0 aliphatic heterocycles. The van der Waals surface area contributed by atoms with Crippen LogP contribution in [-0.4, -0.2) is 19.4 Å². The van der Waals surface area contributed by atoms with Gasteiger partial charge in [0.1, 0.15) is 22.7 Å². The highest BCUT2D eigenvalue weighted by Crippen LogP contribution is 2.37. The summed E-state index contributed by atoms with van der Waals surface area (Å²) >= 11 is 1.09. The molecule has 1 amide bonds. The number of azo groups is 1. The molecule has 140 valence electrons. The first-order valence-electron chi connectivity index (χ1n) is 7.92. The van der Waals surface area contributed by atoms with Crippen LogP contribution in [0.3, 0.4) is 0 Å². The van der Waals surface area contributed by atoms with E-state index in [1.54, 1.807) is 32.0 Å². The number of methoxy groups -OCH3 is 1. The molecule has 1 N–H and O–H groups in total. The first-order valence-corrected chi connectivity index (χ1v) is 8.74. The Bertz CT molecular complexity index is 1070. The second-order valence-corrected chi connectivity index (χ2v) is 6.57. The van der Waals surface area contributed by atoms with Crippen molar-refractivity contribution in [3.05, 3.63) is 46.4 Å². The van der Waals surface area contributed by atoms with Gasteiger partial charge in [-0.05, 0) is 37.6 Å². The number of hydrogen-bond acceptors (Lipinski definition) is 8. The number of ether oxygens (including phenoxy) is 1. The van der Waals surface area contributed by atoms with Gasteiger partial charge in [-0.1, -0.05) is 6.58 Å². The average Bonchev–Trinajstić information content (AvgIpc) is 2.99. The Balaban J connectivity index is 2.42. The van der Waals surface area contributed by atoms with E-state index in [4.69, 9.17) is 10.00 Å². The number of amides is 1. The quantitative estimate of drug-likeness (QED) is 0.320. The topological polar surface area (TPSA) is 123 Å². The van der Waals surface area contributed by atoms with Crippen molar-refractivity contribution >= 4 is 45.7 Å². The highest BCUT2D eigenvalue weighted by atomic mass is 32.1. The zero-order chi connectivity index (χ0) is 20.7. The molecular weight excluding hydrogens is 376 g/mol. The van der Waals surface area contributed by atoms with Crippen LogP contribution in [0.5, 0.6) is 0 Å². The Kier molecular flexibility index (Phi) is 6.74. The molecular formula is C19H16N6O2S. The van der Waals surface area contributed by atoms with Crippen molar-refractivity contribution in [2.75, 3.05) is 12.4 Å². The molecule has 1 aromatic heterocycles. The Morgan fingerprint density at radius 2 is 2.04 bits per heavy atom. The SMILES string of the molecule is C=C(C)C(=O)Nc1ccc(N=Nc2sc(C#N)c(C)c2C#N)c(N=COC)c1. The number of nitriles is 2. The summed E-state index contributed by atoms with van der Waals surface area (Å²) in [6.45, 7) is 6.89. The summed E-state index contributed by atoms with van der Waals surface area (Å²) < 4.78 is 4.85. The number of anilines is 1. The summed E-state index contributed by atoms with van der Waals surface area (Å²) in [6, 6.07) is 8.96. The fraction of sp³-hybridized carbons (Fsp3) is 0.158. The zero-order valence-electron chi connectivity index (χ0n) is 15.5. The van der Waals surface area contributed by atoms with Crippen molar-refractivity contribution in [1.82, 2.24) is 0 Å². The zero-order valence-corrected chi connectivity index (χ0v) is 16.3. The van der Waals surface area contributed by atoms with E-state index >= 15 is 0 Å². The molecule has 0 saturated carbocycles. The van der Waals surface area contributed by atoms with Gasteiger partial charge < -0.3 is 10.1 Å². The van der Waals surface area contributed by atoms with Crippen LogP contribution < -0.4 is 5.32 Å². The van der Waals surface area contributed by atoms with Gasteiger partial charge in [0.15, 0.2) is 11.4 Å². The Labute approximate surface area is 166 Å². The third kappa shape index (κ3) is 4.67. The second-order valence-electron chi connectivity index (χ2n) is 5.57. The van der Waals surface area contributed by atoms with Gasteiger partial charge in [-0.2, -0.15) is 10.5 Å². The van der Waals surface area contributed by atoms with Gasteiger partial charge in [0.25, 0.3) is 5.91 Å². The number of carbonyl (C=O) groups is 1. The molecule has 28 heavy (non-hydrogen) atoms. The lowest BCUT2D eigenvalue weighted by molar-refractivity contribution is -0.112. The summed E-state index contributed by atoms with van der Waals surface area (Å²) in [5.74, 6) is -0.312. The van der Waals surface area contributed by atoms with Crippen molar-refractivity contribution in [3.8, 4) is 12.1 Å². The van der Waals surface area contributed by atoms with Gasteiger partial charge in [0, 0.05) is 11.3 Å². The van der Waals surface area contributed by atoms with Gasteiger partial charge in [-0.3, -0.25) is 4.79 Å². The van der Waals surface area contributed by atoms with Crippen molar-refractivity contribution in [2.24, 2.45) is 15.2 Å². The number of carbonyl (C=O) groups excluding carboxylic acids is 1. The van der Waals surface area contributed by atoms with Gasteiger partial charge >= 0.3 is 0 Å². The van der Waals surface area contributed by atoms with Crippen molar-refractivity contribution in [1.29, 1.82) is 10.5 Å². The average molecular weight is 392 g/mol. The molecule has 0 saturated heterocycles. The van der Waals surface area contributed by atoms with Crippen LogP contribution in [-0.2, 0) is 9.53 Å². The maximum atomic E-state index is 11.8. The molecule has 0 radical (unpaired) electrons. The molecule has 2 aromatic rings. The molecule has 1 aromatic carbocycles. The number of hydrogen-bond donors (Lipinski definition) is 1. The van der Waals surface area contributed by atoms with E-state index < -0.39 is 0 Å². The fourth-order valence-corrected chi connectivity index (χ4v) is 2.92. The normalized spacial score (nSPS) is 10.6. The van der Waals surface area contributed by atoms with Gasteiger partial charge in [0.2, 0.25) is 0 Å². The van der Waals surface area contributed by atoms with E-state index in [2.05, 4.69) is 27.1 Å². The first-order chi connectivity index (χ1) is 13.4. The van der Waals surface area contributed by atoms with Crippen LogP contribution in [0.15, 0.2) is 45.6 Å². The molecule has 8 nitrogen and oxygen atoms in total. The van der Waals surface area contributed by atoms with Gasteiger partial charge in [-0.25, -0.2) is 4.99 Å². The van der Waals surface area contributed by atoms with Crippen LogP contribution in [0.25, 0.3) is 0 Å². The Morgan fingerprint density at radius 1 is 1.29 bits per heavy atom. The van der Waals surface area contributed by atoms with E-state index in [1.165, 1.54) is 13.5 Å². The van der Waals surface area contributed by atoms with Crippen LogP contribution in [0.2, 0.25) is 0 Å². The predicted molar refractivity (Wildman–Crippen MR) is 108 cm³/mol. The molecule has 9 heteroatoms. The second kappa shape index (κ2) is 9.21. The standard InChI is InChI=1S/C19H16N6O2S/c1-11(2)18(26)23-13-5-6-15(16(7-13)22-10-27-4)24-25-19-14(8-20)12(3)17(9-21)28-19/h5-7,10H,1H2,2-4H3,(H,23,26). The minimum atomic E-state index is -0.312. The van der Waals surface area contributed by atoms with E-state index in [-0.39, 0.29) is 5.91 Å². The summed E-state index contributed by atoms with van der Waals surface area (Å²) in [4.78, 5) is 16.4. The number of benzene rings is 1. The van der Waals surface area contributed by atoms with Gasteiger partial charge in [0.05, 0.1) is 18.4 Å². The maximum Gasteiger partial charge on any atom is 0.250 e. The van der Waals surface area contributed by atoms with Crippen LogP contribution >= 0.6 is 11.3 Å². The van der Waals surface area contributed by atoms with Crippen LogP contribution in [0.4, 0.5) is 22.1 Å². The lowest BCUT2D eigenvalue weighted by Crippen LogP contribution is -2.11. The highest BCUT2D eigenvalue weighted by molar-refractivity contribution is 7.16. The fourth-order valence-electron chi connectivity index (χ4n) is 2.04. The monoisotopic (exact) mass is 392 g/mol. The molecule has 0 fully saturated rings. The summed E-state index contributed by atoms with van der Waals surface area (Å²) in [5.41, 5.74) is 2.58. The molecule has 2 rings (SSSR count). The largest absolute Gasteiger partial charge is 0.486 e. The molecule has 0 atom stereocenters. The number of aliphatic imine (C=N–C) groups is 1. The minimum absolute atomic E-state index is 0.312. The summed E-state index contributed by atoms with van der Waals surface area (Å²) in [7, 11) is 1.45. The lowest BCUT2D eigenvalue weighted by Gasteiger charge is -2.07. The van der Waals surface area contributed by atoms with Crippen LogP contribution in [0, 0.1) is 29.6 Å². The van der Waals surface area contributed by atoms with E-state index in [0.717, 1.165) is 11.3 Å². The maximum absolute atomic E-state index is 11.8. The minimum Gasteiger partial charge on any atom is -0.486 e. The predicted octanol–water partition coefficient (Wildman–Crippen LogP) is 5.04. The van der Waals surface area contributed by atoms with Crippen LogP contribution in [0.1, 0.15) is 22.9 Å². The third-order valence-electron chi connectivity index (χ3n) is 3.51. The van der Waals surface area contributed by atoms with E-state index in [9.17, 15) is 10.1 Å². The molecule has 0 bridgehead atoms. The molecule has 0 aliphatic carbocycles. The van der Waals surface area contributed by atoms with E-state index in [1.807, 2.05) is 12.1 Å². The van der Waals surface area contributed by atoms with Crippen molar-refractivity contribution in [2.45, 2.75) is 13.8 Å². The lowest BCUT2D eigenvalue weighted by atomic mass is 10.2. The number of nitrogens with one attached hydrogen (secondary N) is 1. The number of rotatable bonds is 6. The van der Waals surface area contributed by atoms with Crippen molar-refractivity contribution in [3.63, 3.8) is 0 Å². The Morgan fingerprint density at radius 3 is 2.64 bits per heavy atom. The molecule has 0 unspecified atom stereocenters. The third-order valence-corrected chi connectivity index (χ3v) is 4.59. The molecule has 1 heterocycles. The van der Waals surface area contributed by atoms with E-state index in [0.29, 0.717) is 43.6 Å². The summed E-state index contributed by atoms with van der Waals surface area (Å²) in [5, 5.41) is 29.7. The molecule has 0 spiro atoms. The highest BCUT2D eigenvalue weighted by Gasteiger charge is 2.14. The summed E-state index contributed by atoms with van der Waals surface area (Å²) in [6.07, 6.45) is 1.22. The van der Waals surface area contributed by atoms with Gasteiger partial charge in [-0.15, -0.1) is 21.6 Å².